The minimum Gasteiger partial charge on any atom is -0.251 e. The van der Waals surface area contributed by atoms with Gasteiger partial charge in [-0.05, 0) is 101 Å². The van der Waals surface area contributed by atoms with E-state index in [-0.39, 0.29) is 0 Å². The summed E-state index contributed by atoms with van der Waals surface area (Å²) in [6.07, 6.45) is 0. The van der Waals surface area contributed by atoms with Gasteiger partial charge in [0.2, 0.25) is 0 Å². The summed E-state index contributed by atoms with van der Waals surface area (Å²) < 4.78 is 0. The SMILES string of the molecule is Cc1cc(-c2ccccc2)c2ccc3ccc(-c4cccc(-c5ccc(-c6nc(-c7ccccc7)cc(-c7ccccc7)n6)cc5)c4)nc3c2n1.Cc1cc(-c2ccccc2)c2ccc3ccc(-c4cccc(-c5ccc(-c6nc(-c7ccccc7)nc(-c7ccccc7)n6)cc5)c4)nc3c2n1. The highest BCUT2D eigenvalue weighted by atomic mass is 15.0. The minimum atomic E-state index is 0.634. The number of benzene rings is 12. The van der Waals surface area contributed by atoms with E-state index in [1.165, 1.54) is 22.3 Å². The maximum atomic E-state index is 5.23. The Labute approximate surface area is 591 Å². The number of aromatic nitrogens is 9. The summed E-state index contributed by atoms with van der Waals surface area (Å²) in [6.45, 7) is 4.10. The third-order valence-corrected chi connectivity index (χ3v) is 18.5. The zero-order chi connectivity index (χ0) is 68.3. The van der Waals surface area contributed by atoms with Gasteiger partial charge in [0.15, 0.2) is 23.3 Å². The predicted octanol–water partition coefficient (Wildman–Crippen LogP) is 23.2. The van der Waals surface area contributed by atoms with Gasteiger partial charge in [-0.2, -0.15) is 0 Å². The van der Waals surface area contributed by atoms with Crippen molar-refractivity contribution in [2.75, 3.05) is 0 Å². The van der Waals surface area contributed by atoms with E-state index in [9.17, 15) is 0 Å². The van der Waals surface area contributed by atoms with Gasteiger partial charge in [-0.1, -0.05) is 303 Å². The van der Waals surface area contributed by atoms with Gasteiger partial charge < -0.3 is 0 Å². The summed E-state index contributed by atoms with van der Waals surface area (Å²) >= 11 is 0. The Bertz CT molecular complexity index is 5610. The molecule has 0 saturated carbocycles. The molecule has 0 N–H and O–H groups in total. The molecule has 0 fully saturated rings. The summed E-state index contributed by atoms with van der Waals surface area (Å²) in [5.74, 6) is 2.62. The average molecular weight is 1310 g/mol. The lowest BCUT2D eigenvalue weighted by Gasteiger charge is -2.12. The van der Waals surface area contributed by atoms with Crippen molar-refractivity contribution in [1.82, 2.24) is 44.9 Å². The molecule has 0 spiro atoms. The van der Waals surface area contributed by atoms with Crippen LogP contribution in [0, 0.1) is 13.8 Å². The van der Waals surface area contributed by atoms with Crippen LogP contribution in [0.3, 0.4) is 0 Å². The molecular formula is C93H63N9. The maximum Gasteiger partial charge on any atom is 0.164 e. The molecule has 0 aliphatic heterocycles. The summed E-state index contributed by atoms with van der Waals surface area (Å²) in [7, 11) is 0. The second-order valence-electron chi connectivity index (χ2n) is 25.4. The molecule has 0 bridgehead atoms. The van der Waals surface area contributed by atoms with Gasteiger partial charge in [0.1, 0.15) is 0 Å². The standard InChI is InChI=1S/C47H32N4.C46H31N5/c1-31-28-41(33-12-5-2-6-13-33)40-26-24-36-25-27-42(49-45(36)46(40)48-31)39-19-11-18-38(29-39)32-20-22-37(23-21-32)47-50-43(34-14-7-3-8-15-34)30-44(51-47)35-16-9-4-10-17-35;1-30-28-40(32-12-5-2-6-13-32)39-26-24-33-25-27-41(48-42(33)43(39)47-30)38-19-11-18-37(29-38)31-20-22-36(23-21-31)46-50-44(34-14-7-3-8-15-34)49-45(51-46)35-16-9-4-10-17-35/h2-30H,1H3;2-29H,1H3. The van der Waals surface area contributed by atoms with Crippen molar-refractivity contribution in [2.24, 2.45) is 0 Å². The van der Waals surface area contributed by atoms with Crippen LogP contribution in [0.15, 0.2) is 346 Å². The molecule has 480 valence electrons. The molecule has 9 heteroatoms. The van der Waals surface area contributed by atoms with E-state index < -0.39 is 0 Å². The van der Waals surface area contributed by atoms with Gasteiger partial charge in [0.05, 0.1) is 44.8 Å². The second kappa shape index (κ2) is 27.4. The molecule has 6 heterocycles. The molecule has 18 aromatic rings. The van der Waals surface area contributed by atoms with Crippen molar-refractivity contribution in [3.05, 3.63) is 357 Å². The molecule has 12 aromatic carbocycles. The molecule has 18 rings (SSSR count). The van der Waals surface area contributed by atoms with Crippen molar-refractivity contribution in [3.8, 4) is 135 Å². The summed E-state index contributed by atoms with van der Waals surface area (Å²) in [5.41, 5.74) is 26.3. The van der Waals surface area contributed by atoms with Gasteiger partial charge in [-0.25, -0.2) is 34.9 Å². The molecule has 0 atom stereocenters. The Morgan fingerprint density at radius 3 is 0.833 bits per heavy atom. The van der Waals surface area contributed by atoms with Crippen LogP contribution in [0.4, 0.5) is 0 Å². The van der Waals surface area contributed by atoms with Crippen LogP contribution in [0.1, 0.15) is 11.4 Å². The van der Waals surface area contributed by atoms with Gasteiger partial charge in [-0.3, -0.25) is 9.97 Å². The number of nitrogens with zero attached hydrogens (tertiary/aromatic N) is 9. The molecule has 0 amide bonds. The van der Waals surface area contributed by atoms with Gasteiger partial charge >= 0.3 is 0 Å². The van der Waals surface area contributed by atoms with Crippen molar-refractivity contribution >= 4 is 43.6 Å². The first-order valence-corrected chi connectivity index (χ1v) is 34.1. The van der Waals surface area contributed by atoms with E-state index >= 15 is 0 Å². The van der Waals surface area contributed by atoms with E-state index in [1.54, 1.807) is 0 Å². The van der Waals surface area contributed by atoms with Gasteiger partial charge in [0.25, 0.3) is 0 Å². The van der Waals surface area contributed by atoms with Gasteiger partial charge in [0, 0.05) is 77.4 Å². The maximum absolute atomic E-state index is 5.23. The van der Waals surface area contributed by atoms with Crippen LogP contribution in [-0.4, -0.2) is 44.9 Å². The van der Waals surface area contributed by atoms with Crippen LogP contribution in [0.2, 0.25) is 0 Å². The first kappa shape index (κ1) is 61.9. The van der Waals surface area contributed by atoms with Crippen molar-refractivity contribution < 1.29 is 0 Å². The zero-order valence-electron chi connectivity index (χ0n) is 55.9. The van der Waals surface area contributed by atoms with Crippen molar-refractivity contribution in [2.45, 2.75) is 13.8 Å². The van der Waals surface area contributed by atoms with E-state index in [4.69, 9.17) is 44.9 Å². The predicted molar refractivity (Wildman–Crippen MR) is 418 cm³/mol. The Morgan fingerprint density at radius 2 is 0.461 bits per heavy atom. The minimum absolute atomic E-state index is 0.634. The molecule has 102 heavy (non-hydrogen) atoms. The summed E-state index contributed by atoms with van der Waals surface area (Å²) in [4.78, 5) is 45.1. The highest BCUT2D eigenvalue weighted by Gasteiger charge is 2.18. The van der Waals surface area contributed by atoms with Crippen LogP contribution < -0.4 is 0 Å². The Morgan fingerprint density at radius 1 is 0.167 bits per heavy atom. The summed E-state index contributed by atoms with van der Waals surface area (Å²) in [5, 5.41) is 4.35. The molecule has 0 saturated heterocycles. The average Bonchev–Trinajstić information content (AvgIpc) is 0.764. The fourth-order valence-corrected chi connectivity index (χ4v) is 13.4. The normalized spacial score (nSPS) is 11.2. The molecule has 0 radical (unpaired) electrons. The van der Waals surface area contributed by atoms with E-state index in [1.807, 2.05) is 109 Å². The van der Waals surface area contributed by atoms with Crippen molar-refractivity contribution in [1.29, 1.82) is 0 Å². The van der Waals surface area contributed by atoms with Gasteiger partial charge in [-0.15, -0.1) is 0 Å². The molecule has 6 aromatic heterocycles. The molecule has 0 aliphatic rings. The molecule has 0 unspecified atom stereocenters. The number of hydrogen-bond donors (Lipinski definition) is 0. The van der Waals surface area contributed by atoms with Crippen molar-refractivity contribution in [3.63, 3.8) is 0 Å². The van der Waals surface area contributed by atoms with Crippen LogP contribution in [0.5, 0.6) is 0 Å². The van der Waals surface area contributed by atoms with E-state index in [0.717, 1.165) is 145 Å². The highest BCUT2D eigenvalue weighted by molar-refractivity contribution is 6.10. The quantitative estimate of drug-likeness (QED) is 0.110. The Kier molecular flexibility index (Phi) is 16.6. The number of rotatable bonds is 12. The van der Waals surface area contributed by atoms with Crippen LogP contribution >= 0.6 is 0 Å². The van der Waals surface area contributed by atoms with E-state index in [2.05, 4.69) is 250 Å². The number of aryl methyl sites for hydroxylation is 2. The molecule has 0 aliphatic carbocycles. The Hall–Kier alpha value is -13.6. The van der Waals surface area contributed by atoms with Crippen LogP contribution in [0.25, 0.3) is 179 Å². The zero-order valence-corrected chi connectivity index (χ0v) is 55.9. The second-order valence-corrected chi connectivity index (χ2v) is 25.4. The lowest BCUT2D eigenvalue weighted by Crippen LogP contribution is -2.00. The number of pyridine rings is 4. The Balaban J connectivity index is 0.000000152. The number of fused-ring (bicyclic) bond motifs is 6. The summed E-state index contributed by atoms with van der Waals surface area (Å²) in [6, 6.07) is 119. The largest absolute Gasteiger partial charge is 0.251 e. The fourth-order valence-electron chi connectivity index (χ4n) is 13.4. The third kappa shape index (κ3) is 12.7. The lowest BCUT2D eigenvalue weighted by atomic mass is 9.98. The molecular weight excluding hydrogens is 1240 g/mol. The molecule has 9 nitrogen and oxygen atoms in total. The lowest BCUT2D eigenvalue weighted by molar-refractivity contribution is 1.07. The smallest absolute Gasteiger partial charge is 0.164 e. The first-order valence-electron chi connectivity index (χ1n) is 34.1. The fraction of sp³-hybridized carbons (Fsp3) is 0.0215. The topological polar surface area (TPSA) is 116 Å². The monoisotopic (exact) mass is 1310 g/mol. The first-order chi connectivity index (χ1) is 50.3. The highest BCUT2D eigenvalue weighted by Crippen LogP contribution is 2.38. The van der Waals surface area contributed by atoms with E-state index in [0.29, 0.717) is 23.3 Å². The third-order valence-electron chi connectivity index (χ3n) is 18.5. The van der Waals surface area contributed by atoms with Crippen LogP contribution in [-0.2, 0) is 0 Å². The number of hydrogen-bond acceptors (Lipinski definition) is 9.